The summed E-state index contributed by atoms with van der Waals surface area (Å²) >= 11 is 5.64. The number of aromatic nitrogens is 2. The third-order valence-electron chi connectivity index (χ3n) is 2.89. The van der Waals surface area contributed by atoms with E-state index in [-0.39, 0.29) is 5.02 Å². The first-order valence-corrected chi connectivity index (χ1v) is 6.50. The number of anilines is 1. The maximum absolute atomic E-state index is 13.3. The van der Waals surface area contributed by atoms with Gasteiger partial charge in [-0.15, -0.1) is 0 Å². The predicted octanol–water partition coefficient (Wildman–Crippen LogP) is 4.03. The van der Waals surface area contributed by atoms with Crippen LogP contribution in [0.1, 0.15) is 5.69 Å². The Bertz CT molecular complexity index is 761. The molecule has 0 amide bonds. The average molecular weight is 288 g/mol. The molecule has 0 aliphatic heterocycles. The summed E-state index contributed by atoms with van der Waals surface area (Å²) in [5.41, 5.74) is 3.14. The molecule has 0 saturated heterocycles. The maximum Gasteiger partial charge on any atom is 0.143 e. The molecule has 3 aromatic rings. The number of fused-ring (bicyclic) bond motifs is 1. The number of para-hydroxylation sites is 2. The topological polar surface area (TPSA) is 37.8 Å². The monoisotopic (exact) mass is 287 g/mol. The van der Waals surface area contributed by atoms with Gasteiger partial charge < -0.3 is 5.32 Å². The predicted molar refractivity (Wildman–Crippen MR) is 78.3 cm³/mol. The van der Waals surface area contributed by atoms with Gasteiger partial charge in [0.2, 0.25) is 0 Å². The fourth-order valence-electron chi connectivity index (χ4n) is 1.88. The van der Waals surface area contributed by atoms with Crippen LogP contribution in [-0.4, -0.2) is 9.97 Å². The first kappa shape index (κ1) is 12.8. The van der Waals surface area contributed by atoms with Crippen LogP contribution in [-0.2, 0) is 6.54 Å². The summed E-state index contributed by atoms with van der Waals surface area (Å²) in [5.74, 6) is -0.443. The second kappa shape index (κ2) is 5.43. The quantitative estimate of drug-likeness (QED) is 0.790. The van der Waals surface area contributed by atoms with Gasteiger partial charge in [0.15, 0.2) is 0 Å². The molecule has 0 aliphatic carbocycles. The Morgan fingerprint density at radius 1 is 1.10 bits per heavy atom. The number of nitrogens with one attached hydrogen (secondary N) is 1. The molecule has 0 spiro atoms. The Kier molecular flexibility index (Phi) is 3.48. The first-order valence-electron chi connectivity index (χ1n) is 6.12. The minimum atomic E-state index is -0.443. The van der Waals surface area contributed by atoms with E-state index >= 15 is 0 Å². The van der Waals surface area contributed by atoms with E-state index in [2.05, 4.69) is 15.3 Å². The van der Waals surface area contributed by atoms with Crippen molar-refractivity contribution in [1.82, 2.24) is 9.97 Å². The molecule has 0 radical (unpaired) electrons. The standard InChI is InChI=1S/C15H11ClFN3/c16-12-6-5-10(7-13(12)17)18-8-11-9-19-14-3-1-2-4-15(14)20-11/h1-7,9,18H,8H2. The van der Waals surface area contributed by atoms with Crippen LogP contribution in [0.15, 0.2) is 48.7 Å². The number of halogens is 2. The maximum atomic E-state index is 13.3. The first-order chi connectivity index (χ1) is 9.72. The third-order valence-corrected chi connectivity index (χ3v) is 3.20. The van der Waals surface area contributed by atoms with E-state index in [0.717, 1.165) is 16.7 Å². The second-order valence-electron chi connectivity index (χ2n) is 4.33. The number of benzene rings is 2. The SMILES string of the molecule is Fc1cc(NCc2cnc3ccccc3n2)ccc1Cl. The average Bonchev–Trinajstić information content (AvgIpc) is 2.48. The van der Waals surface area contributed by atoms with E-state index in [1.54, 1.807) is 12.3 Å². The zero-order chi connectivity index (χ0) is 13.9. The highest BCUT2D eigenvalue weighted by molar-refractivity contribution is 6.30. The molecule has 5 heteroatoms. The molecule has 2 aromatic carbocycles. The van der Waals surface area contributed by atoms with E-state index in [4.69, 9.17) is 11.6 Å². The van der Waals surface area contributed by atoms with E-state index < -0.39 is 5.82 Å². The largest absolute Gasteiger partial charge is 0.379 e. The van der Waals surface area contributed by atoms with E-state index in [0.29, 0.717) is 12.2 Å². The molecule has 1 N–H and O–H groups in total. The highest BCUT2D eigenvalue weighted by atomic mass is 35.5. The minimum absolute atomic E-state index is 0.112. The van der Waals surface area contributed by atoms with Crippen molar-refractivity contribution in [3.05, 3.63) is 65.2 Å². The molecule has 3 nitrogen and oxygen atoms in total. The van der Waals surface area contributed by atoms with Gasteiger partial charge in [0, 0.05) is 5.69 Å². The lowest BCUT2D eigenvalue weighted by Crippen LogP contribution is -2.02. The molecular weight excluding hydrogens is 277 g/mol. The lowest BCUT2D eigenvalue weighted by molar-refractivity contribution is 0.628. The normalized spacial score (nSPS) is 10.7. The fourth-order valence-corrected chi connectivity index (χ4v) is 2.00. The Balaban J connectivity index is 1.77. The summed E-state index contributed by atoms with van der Waals surface area (Å²) in [5, 5.41) is 3.20. The van der Waals surface area contributed by atoms with Crippen molar-refractivity contribution < 1.29 is 4.39 Å². The molecule has 3 rings (SSSR count). The second-order valence-corrected chi connectivity index (χ2v) is 4.74. The molecule has 1 heterocycles. The van der Waals surface area contributed by atoms with Crippen LogP contribution in [0.4, 0.5) is 10.1 Å². The van der Waals surface area contributed by atoms with Crippen LogP contribution < -0.4 is 5.32 Å². The van der Waals surface area contributed by atoms with E-state index in [9.17, 15) is 4.39 Å². The molecular formula is C15H11ClFN3. The van der Waals surface area contributed by atoms with Gasteiger partial charge in [-0.1, -0.05) is 23.7 Å². The summed E-state index contributed by atoms with van der Waals surface area (Å²) in [6.07, 6.45) is 1.71. The van der Waals surface area contributed by atoms with Crippen LogP contribution in [0.25, 0.3) is 11.0 Å². The Morgan fingerprint density at radius 2 is 1.90 bits per heavy atom. The van der Waals surface area contributed by atoms with E-state index in [1.165, 1.54) is 12.1 Å². The number of hydrogen-bond donors (Lipinski definition) is 1. The van der Waals surface area contributed by atoms with Gasteiger partial charge in [0.25, 0.3) is 0 Å². The number of nitrogens with zero attached hydrogens (tertiary/aromatic N) is 2. The van der Waals surface area contributed by atoms with E-state index in [1.807, 2.05) is 24.3 Å². The molecule has 100 valence electrons. The highest BCUT2D eigenvalue weighted by Gasteiger charge is 2.02. The Hall–Kier alpha value is -2.20. The molecule has 0 atom stereocenters. The van der Waals surface area contributed by atoms with Gasteiger partial charge in [-0.3, -0.25) is 4.98 Å². The smallest absolute Gasteiger partial charge is 0.143 e. The molecule has 20 heavy (non-hydrogen) atoms. The van der Waals surface area contributed by atoms with Gasteiger partial charge in [-0.05, 0) is 30.3 Å². The van der Waals surface area contributed by atoms with Crippen molar-refractivity contribution in [3.63, 3.8) is 0 Å². The van der Waals surface area contributed by atoms with Crippen molar-refractivity contribution in [2.75, 3.05) is 5.32 Å². The van der Waals surface area contributed by atoms with Gasteiger partial charge in [0.05, 0.1) is 34.5 Å². The van der Waals surface area contributed by atoms with Crippen LogP contribution in [0, 0.1) is 5.82 Å². The molecule has 1 aromatic heterocycles. The van der Waals surface area contributed by atoms with Crippen molar-refractivity contribution in [2.24, 2.45) is 0 Å². The fraction of sp³-hybridized carbons (Fsp3) is 0.0667. The molecule has 0 fully saturated rings. The summed E-state index contributed by atoms with van der Waals surface area (Å²) in [6.45, 7) is 0.471. The van der Waals surface area contributed by atoms with Gasteiger partial charge in [0.1, 0.15) is 5.82 Å². The Morgan fingerprint density at radius 3 is 2.70 bits per heavy atom. The van der Waals surface area contributed by atoms with Crippen molar-refractivity contribution in [3.8, 4) is 0 Å². The Labute approximate surface area is 120 Å². The highest BCUT2D eigenvalue weighted by Crippen LogP contribution is 2.19. The molecule has 0 unspecified atom stereocenters. The summed E-state index contributed by atoms with van der Waals surface area (Å²) in [6, 6.07) is 12.3. The number of rotatable bonds is 3. The summed E-state index contributed by atoms with van der Waals surface area (Å²) in [7, 11) is 0. The zero-order valence-electron chi connectivity index (χ0n) is 10.5. The minimum Gasteiger partial charge on any atom is -0.379 e. The molecule has 0 saturated carbocycles. The van der Waals surface area contributed by atoms with Crippen molar-refractivity contribution in [1.29, 1.82) is 0 Å². The van der Waals surface area contributed by atoms with Crippen molar-refractivity contribution >= 4 is 28.3 Å². The van der Waals surface area contributed by atoms with Gasteiger partial charge in [-0.2, -0.15) is 0 Å². The van der Waals surface area contributed by atoms with Crippen LogP contribution in [0.5, 0.6) is 0 Å². The van der Waals surface area contributed by atoms with Crippen LogP contribution in [0.2, 0.25) is 5.02 Å². The third kappa shape index (κ3) is 2.70. The van der Waals surface area contributed by atoms with Crippen LogP contribution >= 0.6 is 11.6 Å². The zero-order valence-corrected chi connectivity index (χ0v) is 11.2. The molecule has 0 bridgehead atoms. The lowest BCUT2D eigenvalue weighted by atomic mass is 10.3. The van der Waals surface area contributed by atoms with Crippen LogP contribution in [0.3, 0.4) is 0 Å². The number of hydrogen-bond acceptors (Lipinski definition) is 3. The van der Waals surface area contributed by atoms with Crippen molar-refractivity contribution in [2.45, 2.75) is 6.54 Å². The molecule has 0 aliphatic rings. The van der Waals surface area contributed by atoms with Gasteiger partial charge in [-0.25, -0.2) is 9.37 Å². The summed E-state index contributed by atoms with van der Waals surface area (Å²) < 4.78 is 13.3. The summed E-state index contributed by atoms with van der Waals surface area (Å²) in [4.78, 5) is 8.81. The lowest BCUT2D eigenvalue weighted by Gasteiger charge is -2.07. The van der Waals surface area contributed by atoms with Gasteiger partial charge >= 0.3 is 0 Å².